The summed E-state index contributed by atoms with van der Waals surface area (Å²) in [4.78, 5) is 0. The van der Waals surface area contributed by atoms with Crippen LogP contribution in [-0.2, 0) is 16.6 Å². The summed E-state index contributed by atoms with van der Waals surface area (Å²) in [6.45, 7) is 13.2. The van der Waals surface area contributed by atoms with E-state index in [1.54, 1.807) is 7.11 Å². The smallest absolute Gasteiger partial charge is 0.0773 e. The first-order valence-corrected chi connectivity index (χ1v) is 7.43. The van der Waals surface area contributed by atoms with Gasteiger partial charge in [-0.2, -0.15) is 0 Å². The second kappa shape index (κ2) is 6.28. The number of rotatable bonds is 4. The molecule has 0 aliphatic heterocycles. The molecule has 2 unspecified atom stereocenters. The van der Waals surface area contributed by atoms with Gasteiger partial charge in [-0.15, -0.1) is 0 Å². The SMILES string of the molecule is COC(C(N)Cc1ccc(C(C)(C)C)cc1)C(C)(C)C. The van der Waals surface area contributed by atoms with Gasteiger partial charge in [0.25, 0.3) is 0 Å². The molecule has 0 saturated carbocycles. The second-order valence-corrected chi connectivity index (χ2v) is 7.84. The predicted molar refractivity (Wildman–Crippen MR) is 87.1 cm³/mol. The minimum atomic E-state index is 0.0143. The molecule has 2 nitrogen and oxygen atoms in total. The molecular weight excluding hydrogens is 246 g/mol. The standard InChI is InChI=1S/C18H31NO/c1-17(2,3)14-10-8-13(9-11-14)12-15(19)16(20-7)18(4,5)6/h8-11,15-16H,12,19H2,1-7H3. The monoisotopic (exact) mass is 277 g/mol. The van der Waals surface area contributed by atoms with E-state index in [1.165, 1.54) is 11.1 Å². The van der Waals surface area contributed by atoms with Gasteiger partial charge in [-0.25, -0.2) is 0 Å². The molecule has 1 aromatic carbocycles. The van der Waals surface area contributed by atoms with Crippen molar-refractivity contribution in [2.24, 2.45) is 11.1 Å². The largest absolute Gasteiger partial charge is 0.379 e. The Morgan fingerprint density at radius 1 is 1.00 bits per heavy atom. The van der Waals surface area contributed by atoms with Crippen LogP contribution in [0.5, 0.6) is 0 Å². The van der Waals surface area contributed by atoms with Crippen molar-refractivity contribution < 1.29 is 4.74 Å². The lowest BCUT2D eigenvalue weighted by atomic mass is 9.82. The molecule has 0 fully saturated rings. The molecule has 0 aliphatic carbocycles. The minimum Gasteiger partial charge on any atom is -0.379 e. The van der Waals surface area contributed by atoms with Gasteiger partial charge in [0.1, 0.15) is 0 Å². The summed E-state index contributed by atoms with van der Waals surface area (Å²) in [7, 11) is 1.75. The number of hydrogen-bond donors (Lipinski definition) is 1. The summed E-state index contributed by atoms with van der Waals surface area (Å²) >= 11 is 0. The molecule has 2 N–H and O–H groups in total. The molecule has 0 aromatic heterocycles. The van der Waals surface area contributed by atoms with E-state index in [9.17, 15) is 0 Å². The van der Waals surface area contributed by atoms with Gasteiger partial charge in [0.15, 0.2) is 0 Å². The number of ether oxygens (including phenoxy) is 1. The molecule has 1 rings (SSSR count). The number of nitrogens with two attached hydrogens (primary N) is 1. The molecule has 20 heavy (non-hydrogen) atoms. The third-order valence-electron chi connectivity index (χ3n) is 3.79. The molecule has 1 aromatic rings. The van der Waals surface area contributed by atoms with Gasteiger partial charge in [0, 0.05) is 13.2 Å². The van der Waals surface area contributed by atoms with Gasteiger partial charge in [-0.3, -0.25) is 0 Å². The Morgan fingerprint density at radius 3 is 1.85 bits per heavy atom. The Morgan fingerprint density at radius 2 is 1.50 bits per heavy atom. The summed E-state index contributed by atoms with van der Waals surface area (Å²) < 4.78 is 5.60. The van der Waals surface area contributed by atoms with E-state index in [1.807, 2.05) is 0 Å². The summed E-state index contributed by atoms with van der Waals surface area (Å²) in [5.41, 5.74) is 9.23. The quantitative estimate of drug-likeness (QED) is 0.905. The highest BCUT2D eigenvalue weighted by molar-refractivity contribution is 5.28. The zero-order valence-corrected chi connectivity index (χ0v) is 14.2. The Balaban J connectivity index is 2.78. The van der Waals surface area contributed by atoms with Crippen LogP contribution in [0.4, 0.5) is 0 Å². The van der Waals surface area contributed by atoms with Crippen molar-refractivity contribution in [1.82, 2.24) is 0 Å². The average molecular weight is 277 g/mol. The number of methoxy groups -OCH3 is 1. The van der Waals surface area contributed by atoms with Crippen molar-refractivity contribution >= 4 is 0 Å². The van der Waals surface area contributed by atoms with Gasteiger partial charge in [0.2, 0.25) is 0 Å². The summed E-state index contributed by atoms with van der Waals surface area (Å²) in [6.07, 6.45) is 0.907. The Bertz CT molecular complexity index is 409. The molecule has 0 radical (unpaired) electrons. The van der Waals surface area contributed by atoms with E-state index in [0.717, 1.165) is 6.42 Å². The van der Waals surface area contributed by atoms with E-state index in [4.69, 9.17) is 10.5 Å². The van der Waals surface area contributed by atoms with Crippen LogP contribution < -0.4 is 5.73 Å². The van der Waals surface area contributed by atoms with E-state index in [0.29, 0.717) is 0 Å². The molecule has 0 saturated heterocycles. The second-order valence-electron chi connectivity index (χ2n) is 7.84. The van der Waals surface area contributed by atoms with Crippen molar-refractivity contribution in [3.8, 4) is 0 Å². The third-order valence-corrected chi connectivity index (χ3v) is 3.79. The molecule has 0 bridgehead atoms. The lowest BCUT2D eigenvalue weighted by Crippen LogP contribution is -2.46. The highest BCUT2D eigenvalue weighted by atomic mass is 16.5. The Hall–Kier alpha value is -0.860. The van der Waals surface area contributed by atoms with E-state index < -0.39 is 0 Å². The zero-order valence-electron chi connectivity index (χ0n) is 14.2. The Labute approximate surface area is 124 Å². The third kappa shape index (κ3) is 4.60. The fraction of sp³-hybridized carbons (Fsp3) is 0.667. The van der Waals surface area contributed by atoms with E-state index >= 15 is 0 Å². The van der Waals surface area contributed by atoms with Crippen LogP contribution in [0.25, 0.3) is 0 Å². The first-order valence-electron chi connectivity index (χ1n) is 7.43. The van der Waals surface area contributed by atoms with Gasteiger partial charge >= 0.3 is 0 Å². The molecule has 0 aliphatic rings. The normalized spacial score (nSPS) is 16.0. The van der Waals surface area contributed by atoms with Crippen LogP contribution in [0.3, 0.4) is 0 Å². The van der Waals surface area contributed by atoms with Crippen LogP contribution >= 0.6 is 0 Å². The molecule has 114 valence electrons. The lowest BCUT2D eigenvalue weighted by molar-refractivity contribution is -0.00165. The van der Waals surface area contributed by atoms with Gasteiger partial charge in [-0.1, -0.05) is 65.8 Å². The van der Waals surface area contributed by atoms with Crippen molar-refractivity contribution in [3.63, 3.8) is 0 Å². The minimum absolute atomic E-state index is 0.0143. The maximum absolute atomic E-state index is 6.35. The van der Waals surface area contributed by atoms with Gasteiger partial charge in [0.05, 0.1) is 6.10 Å². The maximum atomic E-state index is 6.35. The molecular formula is C18H31NO. The highest BCUT2D eigenvalue weighted by Gasteiger charge is 2.30. The van der Waals surface area contributed by atoms with Crippen LogP contribution in [0.15, 0.2) is 24.3 Å². The van der Waals surface area contributed by atoms with Crippen LogP contribution in [0.2, 0.25) is 0 Å². The maximum Gasteiger partial charge on any atom is 0.0773 e. The summed E-state index contributed by atoms with van der Waals surface area (Å²) in [5, 5.41) is 0. The molecule has 0 heterocycles. The fourth-order valence-corrected chi connectivity index (χ4v) is 2.69. The van der Waals surface area contributed by atoms with Gasteiger partial charge in [-0.05, 0) is 28.4 Å². The van der Waals surface area contributed by atoms with Crippen molar-refractivity contribution in [3.05, 3.63) is 35.4 Å². The van der Waals surface area contributed by atoms with Crippen molar-refractivity contribution in [2.45, 2.75) is 65.5 Å². The van der Waals surface area contributed by atoms with Crippen LogP contribution in [-0.4, -0.2) is 19.3 Å². The molecule has 0 spiro atoms. The molecule has 2 atom stereocenters. The average Bonchev–Trinajstić information content (AvgIpc) is 2.27. The fourth-order valence-electron chi connectivity index (χ4n) is 2.69. The zero-order chi connectivity index (χ0) is 15.6. The molecule has 2 heteroatoms. The van der Waals surface area contributed by atoms with E-state index in [-0.39, 0.29) is 23.0 Å². The number of benzene rings is 1. The van der Waals surface area contributed by atoms with Gasteiger partial charge < -0.3 is 10.5 Å². The molecule has 0 amide bonds. The topological polar surface area (TPSA) is 35.2 Å². The predicted octanol–water partition coefficient (Wildman–Crippen LogP) is 3.92. The van der Waals surface area contributed by atoms with Crippen LogP contribution in [0, 0.1) is 5.41 Å². The van der Waals surface area contributed by atoms with E-state index in [2.05, 4.69) is 65.8 Å². The van der Waals surface area contributed by atoms with Crippen molar-refractivity contribution in [2.75, 3.05) is 7.11 Å². The summed E-state index contributed by atoms with van der Waals surface area (Å²) in [5.74, 6) is 0. The first-order chi connectivity index (χ1) is 9.05. The first kappa shape index (κ1) is 17.2. The highest BCUT2D eigenvalue weighted by Crippen LogP contribution is 2.26. The van der Waals surface area contributed by atoms with Crippen LogP contribution in [0.1, 0.15) is 52.7 Å². The lowest BCUT2D eigenvalue weighted by Gasteiger charge is -2.34. The Kier molecular flexibility index (Phi) is 5.39. The number of hydrogen-bond acceptors (Lipinski definition) is 2. The summed E-state index contributed by atoms with van der Waals surface area (Å²) in [6, 6.07) is 8.81. The van der Waals surface area contributed by atoms with Crippen molar-refractivity contribution in [1.29, 1.82) is 0 Å².